The van der Waals surface area contributed by atoms with Crippen molar-refractivity contribution < 1.29 is 4.79 Å². The first-order valence-electron chi connectivity index (χ1n) is 8.01. The van der Waals surface area contributed by atoms with Gasteiger partial charge in [-0.05, 0) is 46.7 Å². The summed E-state index contributed by atoms with van der Waals surface area (Å²) in [4.78, 5) is 20.4. The molecule has 1 aliphatic rings. The van der Waals surface area contributed by atoms with Crippen LogP contribution in [0.5, 0.6) is 0 Å². The highest BCUT2D eigenvalue weighted by Crippen LogP contribution is 2.21. The fraction of sp³-hybridized carbons (Fsp3) is 0.625. The van der Waals surface area contributed by atoms with Crippen LogP contribution >= 0.6 is 11.3 Å². The predicted octanol–water partition coefficient (Wildman–Crippen LogP) is 2.69. The molecule has 0 aliphatic carbocycles. The van der Waals surface area contributed by atoms with Gasteiger partial charge in [0.25, 0.3) is 0 Å². The molecule has 1 fully saturated rings. The van der Waals surface area contributed by atoms with Gasteiger partial charge in [-0.1, -0.05) is 0 Å². The van der Waals surface area contributed by atoms with E-state index in [-0.39, 0.29) is 17.9 Å². The molecule has 0 unspecified atom stereocenters. The van der Waals surface area contributed by atoms with Crippen LogP contribution in [0.1, 0.15) is 45.3 Å². The Bertz CT molecular complexity index is 611. The van der Waals surface area contributed by atoms with Crippen molar-refractivity contribution in [3.05, 3.63) is 23.5 Å². The van der Waals surface area contributed by atoms with E-state index in [2.05, 4.69) is 29.0 Å². The van der Waals surface area contributed by atoms with E-state index in [1.807, 2.05) is 29.1 Å². The van der Waals surface area contributed by atoms with Crippen LogP contribution in [0, 0.1) is 5.92 Å². The molecular weight excluding hydrogens is 296 g/mol. The average Bonchev–Trinajstić information content (AvgIpc) is 3.08. The molecule has 2 aromatic rings. The quantitative estimate of drug-likeness (QED) is 0.942. The number of thiazole rings is 1. The summed E-state index contributed by atoms with van der Waals surface area (Å²) in [6.07, 6.45) is 5.90. The molecular formula is C16H24N4OS. The van der Waals surface area contributed by atoms with E-state index in [0.29, 0.717) is 6.04 Å². The number of carbonyl (C=O) groups is 1. The summed E-state index contributed by atoms with van der Waals surface area (Å²) in [5, 5.41) is 5.14. The molecule has 0 bridgehead atoms. The Morgan fingerprint density at radius 2 is 2.09 bits per heavy atom. The summed E-state index contributed by atoms with van der Waals surface area (Å²) in [6, 6.07) is 0.532. The van der Waals surface area contributed by atoms with Crippen LogP contribution in [0.4, 0.5) is 0 Å². The monoisotopic (exact) mass is 320 g/mol. The van der Waals surface area contributed by atoms with E-state index in [9.17, 15) is 4.79 Å². The second-order valence-electron chi connectivity index (χ2n) is 6.39. The van der Waals surface area contributed by atoms with Gasteiger partial charge in [-0.2, -0.15) is 0 Å². The maximum Gasteiger partial charge on any atom is 0.223 e. The summed E-state index contributed by atoms with van der Waals surface area (Å²) < 4.78 is 2.00. The number of carbonyl (C=O) groups excluding carboxylic acids is 1. The zero-order valence-electron chi connectivity index (χ0n) is 13.5. The van der Waals surface area contributed by atoms with Gasteiger partial charge in [0.05, 0.1) is 11.7 Å². The van der Waals surface area contributed by atoms with Crippen molar-refractivity contribution in [3.8, 4) is 0 Å². The van der Waals surface area contributed by atoms with E-state index >= 15 is 0 Å². The van der Waals surface area contributed by atoms with Gasteiger partial charge in [0, 0.05) is 29.7 Å². The number of nitrogens with one attached hydrogen (secondary N) is 1. The lowest BCUT2D eigenvalue weighted by Gasteiger charge is -2.34. The molecule has 120 valence electrons. The minimum atomic E-state index is -0.0391. The SMILES string of the molecule is CC(C)N1CCC(C(=O)N[C@@H](C)c2cn3ccsc3n2)CC1. The fourth-order valence-corrected chi connectivity index (χ4v) is 3.74. The highest BCUT2D eigenvalue weighted by Gasteiger charge is 2.27. The summed E-state index contributed by atoms with van der Waals surface area (Å²) in [5.41, 5.74) is 0.930. The van der Waals surface area contributed by atoms with Gasteiger partial charge in [0.2, 0.25) is 5.91 Å². The Hall–Kier alpha value is -1.40. The highest BCUT2D eigenvalue weighted by atomic mass is 32.1. The Morgan fingerprint density at radius 1 is 1.36 bits per heavy atom. The van der Waals surface area contributed by atoms with Gasteiger partial charge < -0.3 is 10.2 Å². The molecule has 1 amide bonds. The van der Waals surface area contributed by atoms with Crippen LogP contribution in [-0.2, 0) is 4.79 Å². The normalized spacial score (nSPS) is 18.9. The molecule has 1 atom stereocenters. The standard InChI is InChI=1S/C16H24N4OS/c1-11(2)19-6-4-13(5-7-19)15(21)17-12(3)14-10-20-8-9-22-16(20)18-14/h8-13H,4-7H2,1-3H3,(H,17,21)/t12-/m0/s1. The molecule has 3 rings (SSSR count). The summed E-state index contributed by atoms with van der Waals surface area (Å²) in [5.74, 6) is 0.313. The van der Waals surface area contributed by atoms with Crippen molar-refractivity contribution in [1.82, 2.24) is 19.6 Å². The third-order valence-corrected chi connectivity index (χ3v) is 5.32. The van der Waals surface area contributed by atoms with Gasteiger partial charge in [-0.3, -0.25) is 9.20 Å². The second kappa shape index (κ2) is 6.38. The number of hydrogen-bond acceptors (Lipinski definition) is 4. The fourth-order valence-electron chi connectivity index (χ4n) is 3.04. The third kappa shape index (κ3) is 3.17. The number of piperidine rings is 1. The van der Waals surface area contributed by atoms with Crippen LogP contribution in [-0.4, -0.2) is 39.3 Å². The van der Waals surface area contributed by atoms with Crippen molar-refractivity contribution in [3.63, 3.8) is 0 Å². The van der Waals surface area contributed by atoms with E-state index in [4.69, 9.17) is 0 Å². The number of fused-ring (bicyclic) bond motifs is 1. The van der Waals surface area contributed by atoms with Crippen LogP contribution in [0.2, 0.25) is 0 Å². The Kier molecular flexibility index (Phi) is 4.49. The molecule has 6 heteroatoms. The number of aromatic nitrogens is 2. The van der Waals surface area contributed by atoms with Gasteiger partial charge in [-0.25, -0.2) is 4.98 Å². The van der Waals surface area contributed by atoms with Crippen molar-refractivity contribution in [2.45, 2.75) is 45.7 Å². The molecule has 0 spiro atoms. The molecule has 0 radical (unpaired) electrons. The smallest absolute Gasteiger partial charge is 0.223 e. The third-order valence-electron chi connectivity index (χ3n) is 4.54. The van der Waals surface area contributed by atoms with Gasteiger partial charge in [-0.15, -0.1) is 11.3 Å². The number of amides is 1. The van der Waals surface area contributed by atoms with Crippen LogP contribution in [0.25, 0.3) is 4.96 Å². The first kappa shape index (κ1) is 15.5. The van der Waals surface area contributed by atoms with E-state index in [1.165, 1.54) is 0 Å². The number of nitrogens with zero attached hydrogens (tertiary/aromatic N) is 3. The zero-order valence-corrected chi connectivity index (χ0v) is 14.3. The Labute approximate surface area is 135 Å². The molecule has 1 N–H and O–H groups in total. The molecule has 3 heterocycles. The predicted molar refractivity (Wildman–Crippen MR) is 89.1 cm³/mol. The van der Waals surface area contributed by atoms with Gasteiger partial charge in [0.1, 0.15) is 0 Å². The first-order chi connectivity index (χ1) is 10.5. The summed E-state index contributed by atoms with van der Waals surface area (Å²) >= 11 is 1.61. The number of likely N-dealkylation sites (tertiary alicyclic amines) is 1. The highest BCUT2D eigenvalue weighted by molar-refractivity contribution is 7.15. The second-order valence-corrected chi connectivity index (χ2v) is 7.27. The van der Waals surface area contributed by atoms with E-state index in [1.54, 1.807) is 11.3 Å². The lowest BCUT2D eigenvalue weighted by atomic mass is 9.95. The van der Waals surface area contributed by atoms with Crippen LogP contribution in [0.15, 0.2) is 17.8 Å². The van der Waals surface area contributed by atoms with Gasteiger partial charge >= 0.3 is 0 Å². The Balaban J connectivity index is 1.56. The van der Waals surface area contributed by atoms with Crippen LogP contribution in [0.3, 0.4) is 0 Å². The van der Waals surface area contributed by atoms with Crippen LogP contribution < -0.4 is 5.32 Å². The zero-order chi connectivity index (χ0) is 15.7. The Morgan fingerprint density at radius 3 is 2.73 bits per heavy atom. The maximum absolute atomic E-state index is 12.5. The lowest BCUT2D eigenvalue weighted by molar-refractivity contribution is -0.127. The molecule has 2 aromatic heterocycles. The van der Waals surface area contributed by atoms with Crippen molar-refractivity contribution >= 4 is 22.2 Å². The summed E-state index contributed by atoms with van der Waals surface area (Å²) in [7, 11) is 0. The largest absolute Gasteiger partial charge is 0.348 e. The maximum atomic E-state index is 12.5. The molecule has 0 saturated carbocycles. The lowest BCUT2D eigenvalue weighted by Crippen LogP contribution is -2.43. The van der Waals surface area contributed by atoms with Gasteiger partial charge in [0.15, 0.2) is 4.96 Å². The number of rotatable bonds is 4. The molecule has 5 nitrogen and oxygen atoms in total. The summed E-state index contributed by atoms with van der Waals surface area (Å²) in [6.45, 7) is 8.47. The van der Waals surface area contributed by atoms with E-state index in [0.717, 1.165) is 36.6 Å². The average molecular weight is 320 g/mol. The minimum Gasteiger partial charge on any atom is -0.348 e. The number of imidazole rings is 1. The first-order valence-corrected chi connectivity index (χ1v) is 8.89. The number of hydrogen-bond donors (Lipinski definition) is 1. The van der Waals surface area contributed by atoms with Crippen molar-refractivity contribution in [1.29, 1.82) is 0 Å². The van der Waals surface area contributed by atoms with E-state index < -0.39 is 0 Å². The molecule has 22 heavy (non-hydrogen) atoms. The van der Waals surface area contributed by atoms with Crippen molar-refractivity contribution in [2.75, 3.05) is 13.1 Å². The molecule has 1 aliphatic heterocycles. The minimum absolute atomic E-state index is 0.0391. The van der Waals surface area contributed by atoms with Crippen molar-refractivity contribution in [2.24, 2.45) is 5.92 Å². The topological polar surface area (TPSA) is 49.6 Å². The molecule has 0 aromatic carbocycles. The molecule has 1 saturated heterocycles.